The van der Waals surface area contributed by atoms with Crippen molar-refractivity contribution in [3.63, 3.8) is 0 Å². The number of hydrogen-bond donors (Lipinski definition) is 0. The van der Waals surface area contributed by atoms with Crippen LogP contribution in [0.4, 0.5) is 0 Å². The summed E-state index contributed by atoms with van der Waals surface area (Å²) in [6.45, 7) is 2.45. The third kappa shape index (κ3) is 2.85. The van der Waals surface area contributed by atoms with Crippen LogP contribution < -0.4 is 9.47 Å². The van der Waals surface area contributed by atoms with E-state index in [1.54, 1.807) is 7.11 Å². The highest BCUT2D eigenvalue weighted by Gasteiger charge is 2.06. The Balaban J connectivity index is 2.08. The van der Waals surface area contributed by atoms with Crippen molar-refractivity contribution in [1.82, 2.24) is 9.78 Å². The molecule has 0 aliphatic rings. The molecule has 0 radical (unpaired) electrons. The van der Waals surface area contributed by atoms with E-state index in [0.29, 0.717) is 6.61 Å². The molecule has 96 valence electrons. The predicted molar refractivity (Wildman–Crippen MR) is 73.0 cm³/mol. The summed E-state index contributed by atoms with van der Waals surface area (Å²) in [6.07, 6.45) is 0. The summed E-state index contributed by atoms with van der Waals surface area (Å²) in [5.41, 5.74) is 2.03. The zero-order valence-corrected chi connectivity index (χ0v) is 12.2. The molecule has 5 heteroatoms. The molecule has 1 aromatic heterocycles. The number of hydrogen-bond acceptors (Lipinski definition) is 3. The maximum Gasteiger partial charge on any atom is 0.134 e. The van der Waals surface area contributed by atoms with Crippen molar-refractivity contribution in [2.75, 3.05) is 7.11 Å². The highest BCUT2D eigenvalue weighted by atomic mass is 79.9. The van der Waals surface area contributed by atoms with Gasteiger partial charge in [0.05, 0.1) is 23.0 Å². The van der Waals surface area contributed by atoms with Crippen molar-refractivity contribution in [1.29, 1.82) is 0 Å². The molecule has 2 aromatic rings. The molecule has 0 bridgehead atoms. The SMILES string of the molecule is COc1ccc(OCc2cc(C)nn2C)c(Br)c1. The zero-order valence-electron chi connectivity index (χ0n) is 10.6. The number of ether oxygens (including phenoxy) is 2. The smallest absolute Gasteiger partial charge is 0.134 e. The molecule has 0 spiro atoms. The Labute approximate surface area is 115 Å². The first kappa shape index (κ1) is 13.0. The zero-order chi connectivity index (χ0) is 13.1. The lowest BCUT2D eigenvalue weighted by Crippen LogP contribution is -2.03. The summed E-state index contributed by atoms with van der Waals surface area (Å²) in [6, 6.07) is 7.64. The number of nitrogens with zero attached hydrogens (tertiary/aromatic N) is 2. The van der Waals surface area contributed by atoms with Crippen LogP contribution in [-0.4, -0.2) is 16.9 Å². The van der Waals surface area contributed by atoms with Crippen molar-refractivity contribution in [3.8, 4) is 11.5 Å². The van der Waals surface area contributed by atoms with Gasteiger partial charge in [0.15, 0.2) is 0 Å². The largest absolute Gasteiger partial charge is 0.497 e. The fourth-order valence-electron chi connectivity index (χ4n) is 1.68. The van der Waals surface area contributed by atoms with Gasteiger partial charge in [0.25, 0.3) is 0 Å². The monoisotopic (exact) mass is 310 g/mol. The number of benzene rings is 1. The van der Waals surface area contributed by atoms with Crippen molar-refractivity contribution in [2.45, 2.75) is 13.5 Å². The Bertz CT molecular complexity index is 552. The summed E-state index contributed by atoms with van der Waals surface area (Å²) >= 11 is 3.46. The van der Waals surface area contributed by atoms with E-state index in [4.69, 9.17) is 9.47 Å². The van der Waals surface area contributed by atoms with Crippen molar-refractivity contribution in [3.05, 3.63) is 40.1 Å². The van der Waals surface area contributed by atoms with Crippen LogP contribution in [0, 0.1) is 6.92 Å². The van der Waals surface area contributed by atoms with Crippen LogP contribution in [0.2, 0.25) is 0 Å². The minimum atomic E-state index is 0.488. The Hall–Kier alpha value is -1.49. The number of rotatable bonds is 4. The van der Waals surface area contributed by atoms with Gasteiger partial charge in [0, 0.05) is 7.05 Å². The normalized spacial score (nSPS) is 10.4. The highest BCUT2D eigenvalue weighted by Crippen LogP contribution is 2.29. The van der Waals surface area contributed by atoms with Gasteiger partial charge in [-0.2, -0.15) is 5.10 Å². The molecule has 0 N–H and O–H groups in total. The Morgan fingerprint density at radius 1 is 1.33 bits per heavy atom. The number of aryl methyl sites for hydroxylation is 2. The Kier molecular flexibility index (Phi) is 3.91. The van der Waals surface area contributed by atoms with Crippen LogP contribution in [0.3, 0.4) is 0 Å². The second kappa shape index (κ2) is 5.44. The predicted octanol–water partition coefficient (Wildman–Crippen LogP) is 3.08. The van der Waals surface area contributed by atoms with Gasteiger partial charge in [-0.25, -0.2) is 0 Å². The van der Waals surface area contributed by atoms with E-state index in [0.717, 1.165) is 27.4 Å². The van der Waals surface area contributed by atoms with Gasteiger partial charge in [0.2, 0.25) is 0 Å². The molecule has 0 saturated carbocycles. The molecule has 1 aromatic carbocycles. The van der Waals surface area contributed by atoms with Crippen LogP contribution in [0.25, 0.3) is 0 Å². The topological polar surface area (TPSA) is 36.3 Å². The van der Waals surface area contributed by atoms with Crippen molar-refractivity contribution >= 4 is 15.9 Å². The van der Waals surface area contributed by atoms with Crippen LogP contribution >= 0.6 is 15.9 Å². The lowest BCUT2D eigenvalue weighted by atomic mass is 10.3. The summed E-state index contributed by atoms with van der Waals surface area (Å²) < 4.78 is 13.6. The number of halogens is 1. The van der Waals surface area contributed by atoms with Gasteiger partial charge in [-0.15, -0.1) is 0 Å². The van der Waals surface area contributed by atoms with Gasteiger partial charge >= 0.3 is 0 Å². The van der Waals surface area contributed by atoms with E-state index < -0.39 is 0 Å². The summed E-state index contributed by atoms with van der Waals surface area (Å²) in [5, 5.41) is 4.28. The molecule has 2 rings (SSSR count). The van der Waals surface area contributed by atoms with Crippen molar-refractivity contribution < 1.29 is 9.47 Å². The highest BCUT2D eigenvalue weighted by molar-refractivity contribution is 9.10. The van der Waals surface area contributed by atoms with E-state index in [1.165, 1.54) is 0 Å². The molecular formula is C13H15BrN2O2. The van der Waals surface area contributed by atoms with Crippen LogP contribution in [0.1, 0.15) is 11.4 Å². The standard InChI is InChI=1S/C13H15BrN2O2/c1-9-6-10(16(2)15-9)8-18-13-5-4-11(17-3)7-12(13)14/h4-7H,8H2,1-3H3. The molecular weight excluding hydrogens is 296 g/mol. The van der Waals surface area contributed by atoms with Crippen LogP contribution in [0.15, 0.2) is 28.7 Å². The van der Waals surface area contributed by atoms with E-state index >= 15 is 0 Å². The third-order valence-corrected chi connectivity index (χ3v) is 3.23. The quantitative estimate of drug-likeness (QED) is 0.870. The maximum absolute atomic E-state index is 5.75. The molecule has 0 aliphatic carbocycles. The Morgan fingerprint density at radius 2 is 2.11 bits per heavy atom. The molecule has 0 saturated heterocycles. The van der Waals surface area contributed by atoms with E-state index in [9.17, 15) is 0 Å². The van der Waals surface area contributed by atoms with E-state index in [2.05, 4.69) is 21.0 Å². The fraction of sp³-hybridized carbons (Fsp3) is 0.308. The molecule has 0 atom stereocenters. The van der Waals surface area contributed by atoms with Gasteiger partial charge in [0.1, 0.15) is 18.1 Å². The Morgan fingerprint density at radius 3 is 2.67 bits per heavy atom. The molecule has 0 unspecified atom stereocenters. The third-order valence-electron chi connectivity index (χ3n) is 2.61. The molecule has 0 amide bonds. The number of aromatic nitrogens is 2. The molecule has 1 heterocycles. The average molecular weight is 311 g/mol. The van der Waals surface area contributed by atoms with Gasteiger partial charge in [-0.05, 0) is 47.1 Å². The molecule has 0 aliphatic heterocycles. The van der Waals surface area contributed by atoms with Gasteiger partial charge in [-0.3, -0.25) is 4.68 Å². The average Bonchev–Trinajstić information content (AvgIpc) is 2.66. The van der Waals surface area contributed by atoms with Gasteiger partial charge < -0.3 is 9.47 Å². The summed E-state index contributed by atoms with van der Waals surface area (Å²) in [4.78, 5) is 0. The first-order valence-electron chi connectivity index (χ1n) is 5.56. The molecule has 18 heavy (non-hydrogen) atoms. The molecule has 0 fully saturated rings. The minimum Gasteiger partial charge on any atom is -0.497 e. The number of methoxy groups -OCH3 is 1. The van der Waals surface area contributed by atoms with Gasteiger partial charge in [-0.1, -0.05) is 0 Å². The summed E-state index contributed by atoms with van der Waals surface area (Å²) in [7, 11) is 3.55. The van der Waals surface area contributed by atoms with Crippen LogP contribution in [-0.2, 0) is 13.7 Å². The first-order valence-corrected chi connectivity index (χ1v) is 6.35. The second-order valence-electron chi connectivity index (χ2n) is 3.99. The second-order valence-corrected chi connectivity index (χ2v) is 4.84. The summed E-state index contributed by atoms with van der Waals surface area (Å²) in [5.74, 6) is 1.58. The van der Waals surface area contributed by atoms with E-state index in [-0.39, 0.29) is 0 Å². The lowest BCUT2D eigenvalue weighted by molar-refractivity contribution is 0.292. The maximum atomic E-state index is 5.75. The van der Waals surface area contributed by atoms with E-state index in [1.807, 2.05) is 42.9 Å². The minimum absolute atomic E-state index is 0.488. The van der Waals surface area contributed by atoms with Crippen molar-refractivity contribution in [2.24, 2.45) is 7.05 Å². The first-order chi connectivity index (χ1) is 8.60. The molecule has 4 nitrogen and oxygen atoms in total. The van der Waals surface area contributed by atoms with Crippen LogP contribution in [0.5, 0.6) is 11.5 Å². The lowest BCUT2D eigenvalue weighted by Gasteiger charge is -2.09. The fourth-order valence-corrected chi connectivity index (χ4v) is 2.15.